The van der Waals surface area contributed by atoms with Gasteiger partial charge in [0.1, 0.15) is 11.5 Å². The molecule has 0 radical (unpaired) electrons. The monoisotopic (exact) mass is 619 g/mol. The molecular weight excluding hydrogens is 586 g/mol. The molecular formula is C32H34ClN5O4S. The van der Waals surface area contributed by atoms with Crippen molar-refractivity contribution in [2.24, 2.45) is 0 Å². The van der Waals surface area contributed by atoms with Gasteiger partial charge in [-0.15, -0.1) is 10.2 Å². The number of carbonyl (C=O) groups is 2. The lowest BCUT2D eigenvalue weighted by Gasteiger charge is -2.39. The summed E-state index contributed by atoms with van der Waals surface area (Å²) in [4.78, 5) is 29.5. The number of thioether (sulfide) groups is 1. The molecule has 2 amide bonds. The van der Waals surface area contributed by atoms with Crippen LogP contribution in [-0.4, -0.2) is 81.5 Å². The van der Waals surface area contributed by atoms with Crippen LogP contribution in [0.4, 0.5) is 0 Å². The van der Waals surface area contributed by atoms with E-state index >= 15 is 0 Å². The number of halogens is 1. The van der Waals surface area contributed by atoms with Gasteiger partial charge in [-0.1, -0.05) is 65.8 Å². The maximum absolute atomic E-state index is 13.1. The number of para-hydroxylation sites is 2. The highest BCUT2D eigenvalue weighted by Gasteiger charge is 2.29. The fraction of sp³-hybridized carbons (Fsp3) is 0.312. The largest absolute Gasteiger partial charge is 0.495 e. The molecule has 5 rings (SSSR count). The van der Waals surface area contributed by atoms with Gasteiger partial charge in [-0.25, -0.2) is 0 Å². The van der Waals surface area contributed by atoms with Crippen molar-refractivity contribution >= 4 is 35.2 Å². The van der Waals surface area contributed by atoms with Crippen LogP contribution >= 0.6 is 23.4 Å². The van der Waals surface area contributed by atoms with Crippen molar-refractivity contribution < 1.29 is 19.1 Å². The van der Waals surface area contributed by atoms with E-state index in [2.05, 4.69) is 10.2 Å². The number of benzene rings is 3. The third-order valence-electron chi connectivity index (χ3n) is 7.23. The van der Waals surface area contributed by atoms with Crippen LogP contribution in [0, 0.1) is 0 Å². The van der Waals surface area contributed by atoms with Crippen molar-refractivity contribution in [1.29, 1.82) is 0 Å². The van der Waals surface area contributed by atoms with E-state index in [9.17, 15) is 9.59 Å². The molecule has 0 saturated carbocycles. The smallest absolute Gasteiger partial charge is 0.260 e. The number of hydrogen-bond acceptors (Lipinski definition) is 7. The number of carbonyl (C=O) groups excluding carboxylic acids is 2. The molecule has 0 N–H and O–H groups in total. The van der Waals surface area contributed by atoms with E-state index < -0.39 is 0 Å². The number of nitrogens with zero attached hydrogens (tertiary/aromatic N) is 5. The van der Waals surface area contributed by atoms with E-state index in [1.54, 1.807) is 48.0 Å². The first kappa shape index (κ1) is 30.4. The van der Waals surface area contributed by atoms with E-state index in [0.717, 1.165) is 28.0 Å². The van der Waals surface area contributed by atoms with Crippen molar-refractivity contribution in [2.75, 3.05) is 39.1 Å². The minimum atomic E-state index is -0.0972. The van der Waals surface area contributed by atoms with E-state index in [1.807, 2.05) is 71.0 Å². The summed E-state index contributed by atoms with van der Waals surface area (Å²) in [7, 11) is 1.65. The summed E-state index contributed by atoms with van der Waals surface area (Å²) >= 11 is 7.47. The second kappa shape index (κ2) is 14.4. The molecule has 1 fully saturated rings. The van der Waals surface area contributed by atoms with E-state index in [0.29, 0.717) is 49.0 Å². The van der Waals surface area contributed by atoms with Gasteiger partial charge in [0.2, 0.25) is 5.91 Å². The number of amides is 2. The maximum Gasteiger partial charge on any atom is 0.260 e. The van der Waals surface area contributed by atoms with Crippen LogP contribution in [0.15, 0.2) is 84.0 Å². The zero-order chi connectivity index (χ0) is 30.2. The normalized spacial score (nSPS) is 14.9. The van der Waals surface area contributed by atoms with Gasteiger partial charge in [0.15, 0.2) is 17.6 Å². The third-order valence-corrected chi connectivity index (χ3v) is 8.50. The Morgan fingerprint density at radius 2 is 1.70 bits per heavy atom. The van der Waals surface area contributed by atoms with Crippen molar-refractivity contribution in [3.05, 3.63) is 83.9 Å². The molecule has 1 aromatic heterocycles. The van der Waals surface area contributed by atoms with Crippen LogP contribution < -0.4 is 9.47 Å². The van der Waals surface area contributed by atoms with E-state index in [4.69, 9.17) is 21.1 Å². The summed E-state index contributed by atoms with van der Waals surface area (Å²) in [6, 6.07) is 24.5. The molecule has 9 nitrogen and oxygen atoms in total. The van der Waals surface area contributed by atoms with Crippen molar-refractivity contribution in [1.82, 2.24) is 24.6 Å². The lowest BCUT2D eigenvalue weighted by Crippen LogP contribution is -2.56. The highest BCUT2D eigenvalue weighted by molar-refractivity contribution is 7.99. The molecule has 4 aromatic rings. The molecule has 0 bridgehead atoms. The zero-order valence-electron chi connectivity index (χ0n) is 24.2. The molecule has 1 aliphatic rings. The fourth-order valence-corrected chi connectivity index (χ4v) is 6.04. The minimum Gasteiger partial charge on any atom is -0.495 e. The summed E-state index contributed by atoms with van der Waals surface area (Å²) in [6.07, 6.45) is 1.10. The topological polar surface area (TPSA) is 89.8 Å². The van der Waals surface area contributed by atoms with Gasteiger partial charge in [0, 0.05) is 48.4 Å². The minimum absolute atomic E-state index is 0.0530. The Balaban J connectivity index is 1.14. The highest BCUT2D eigenvalue weighted by atomic mass is 35.5. The quantitative estimate of drug-likeness (QED) is 0.159. The van der Waals surface area contributed by atoms with E-state index in [1.165, 1.54) is 0 Å². The lowest BCUT2D eigenvalue weighted by atomic mass is 10.1. The molecule has 43 heavy (non-hydrogen) atoms. The van der Waals surface area contributed by atoms with Crippen LogP contribution in [0.3, 0.4) is 0 Å². The predicted octanol–water partition coefficient (Wildman–Crippen LogP) is 5.61. The summed E-state index contributed by atoms with van der Waals surface area (Å²) in [6.45, 7) is 3.40. The van der Waals surface area contributed by atoms with Gasteiger partial charge in [-0.3, -0.25) is 14.2 Å². The first-order valence-corrected chi connectivity index (χ1v) is 15.5. The number of hydrogen-bond donors (Lipinski definition) is 0. The number of aromatic nitrogens is 3. The average Bonchev–Trinajstić information content (AvgIpc) is 3.46. The number of rotatable bonds is 11. The Morgan fingerprint density at radius 1 is 0.953 bits per heavy atom. The van der Waals surface area contributed by atoms with Gasteiger partial charge in [-0.2, -0.15) is 0 Å². The van der Waals surface area contributed by atoms with E-state index in [-0.39, 0.29) is 24.5 Å². The molecule has 1 atom stereocenters. The molecule has 1 unspecified atom stereocenters. The molecule has 0 aliphatic carbocycles. The van der Waals surface area contributed by atoms with Gasteiger partial charge in [-0.05, 0) is 49.7 Å². The van der Waals surface area contributed by atoms with Gasteiger partial charge >= 0.3 is 0 Å². The SMILES string of the molecule is COc1ccccc1-n1c(SCCCC(=O)N2CCN(C(=O)COc3ccc(Cl)cc3)C(C)C2)nnc1-c1ccccc1. The van der Waals surface area contributed by atoms with Crippen LogP contribution in [0.1, 0.15) is 19.8 Å². The van der Waals surface area contributed by atoms with Crippen LogP contribution in [0.25, 0.3) is 17.1 Å². The molecule has 1 aliphatic heterocycles. The van der Waals surface area contributed by atoms with Crippen molar-refractivity contribution in [3.8, 4) is 28.6 Å². The highest BCUT2D eigenvalue weighted by Crippen LogP contribution is 2.32. The second-order valence-corrected chi connectivity index (χ2v) is 11.6. The molecule has 1 saturated heterocycles. The number of piperazine rings is 1. The summed E-state index contributed by atoms with van der Waals surface area (Å²) in [5.41, 5.74) is 1.80. The Morgan fingerprint density at radius 3 is 2.44 bits per heavy atom. The molecule has 11 heteroatoms. The fourth-order valence-electron chi connectivity index (χ4n) is 5.03. The Kier molecular flexibility index (Phi) is 10.2. The van der Waals surface area contributed by atoms with Crippen LogP contribution in [0.2, 0.25) is 5.02 Å². The molecule has 2 heterocycles. The first-order valence-electron chi connectivity index (χ1n) is 14.2. The zero-order valence-corrected chi connectivity index (χ0v) is 25.8. The van der Waals surface area contributed by atoms with Crippen molar-refractivity contribution in [3.63, 3.8) is 0 Å². The maximum atomic E-state index is 13.1. The Labute approximate surface area is 260 Å². The molecule has 0 spiro atoms. The third kappa shape index (κ3) is 7.50. The second-order valence-electron chi connectivity index (χ2n) is 10.1. The summed E-state index contributed by atoms with van der Waals surface area (Å²) in [5.74, 6) is 2.73. The number of methoxy groups -OCH3 is 1. The van der Waals surface area contributed by atoms with Gasteiger partial charge in [0.05, 0.1) is 12.8 Å². The van der Waals surface area contributed by atoms with Crippen LogP contribution in [-0.2, 0) is 9.59 Å². The average molecular weight is 620 g/mol. The number of ether oxygens (including phenoxy) is 2. The van der Waals surface area contributed by atoms with Gasteiger partial charge in [0.25, 0.3) is 5.91 Å². The summed E-state index contributed by atoms with van der Waals surface area (Å²) < 4.78 is 13.3. The Bertz CT molecular complexity index is 1530. The Hall–Kier alpha value is -4.02. The van der Waals surface area contributed by atoms with Gasteiger partial charge < -0.3 is 19.3 Å². The predicted molar refractivity (Wildman–Crippen MR) is 168 cm³/mol. The molecule has 224 valence electrons. The molecule has 3 aromatic carbocycles. The first-order chi connectivity index (χ1) is 20.9. The summed E-state index contributed by atoms with van der Waals surface area (Å²) in [5, 5.41) is 10.3. The van der Waals surface area contributed by atoms with Crippen molar-refractivity contribution in [2.45, 2.75) is 31.0 Å². The standard InChI is InChI=1S/C32H34ClN5O4S/c1-23-21-36(18-19-37(23)30(40)22-42-26-16-14-25(33)15-17-26)29(39)13-8-20-43-32-35-34-31(24-9-4-3-5-10-24)38(32)27-11-6-7-12-28(27)41-2/h3-7,9-12,14-17,23H,8,13,18-22H2,1-2H3. The lowest BCUT2D eigenvalue weighted by molar-refractivity contribution is -0.143. The van der Waals surface area contributed by atoms with Crippen LogP contribution in [0.5, 0.6) is 11.5 Å².